The minimum Gasteiger partial charge on any atom is -0.333 e. The quantitative estimate of drug-likeness (QED) is 0.181. The molecule has 1 aliphatic rings. The molecule has 0 N–H and O–H groups in total. The number of rotatable bonds is 2. The van der Waals surface area contributed by atoms with Gasteiger partial charge in [0.05, 0.1) is 39.1 Å². The van der Waals surface area contributed by atoms with E-state index in [2.05, 4.69) is 174 Å². The molecule has 11 rings (SSSR count). The Labute approximate surface area is 283 Å². The molecule has 4 heterocycles. The van der Waals surface area contributed by atoms with Gasteiger partial charge in [-0.15, -0.1) is 0 Å². The normalized spacial score (nSPS) is 15.6. The van der Waals surface area contributed by atoms with Crippen LogP contribution in [0.25, 0.3) is 87.4 Å². The van der Waals surface area contributed by atoms with Crippen molar-refractivity contribution in [2.45, 2.75) is 38.6 Å². The van der Waals surface area contributed by atoms with Crippen molar-refractivity contribution >= 4 is 81.7 Å². The van der Waals surface area contributed by atoms with Crippen molar-refractivity contribution in [3.63, 3.8) is 0 Å². The lowest BCUT2D eigenvalue weighted by molar-refractivity contribution is 0.592. The van der Waals surface area contributed by atoms with E-state index in [1.54, 1.807) is 0 Å². The lowest BCUT2D eigenvalue weighted by Gasteiger charge is -2.19. The first-order valence-electron chi connectivity index (χ1n) is 17.5. The monoisotopic (exact) mass is 629 g/mol. The number of benzene rings is 6. The van der Waals surface area contributed by atoms with Gasteiger partial charge in [0.2, 0.25) is 0 Å². The zero-order chi connectivity index (χ0) is 32.6. The highest BCUT2D eigenvalue weighted by Gasteiger charge is 2.26. The molecule has 0 saturated carbocycles. The summed E-state index contributed by atoms with van der Waals surface area (Å²) in [5.74, 6) is 0. The molecule has 3 heteroatoms. The van der Waals surface area contributed by atoms with Gasteiger partial charge < -0.3 is 13.5 Å². The minimum absolute atomic E-state index is 0.00311. The summed E-state index contributed by atoms with van der Waals surface area (Å²) in [5.41, 5.74) is 11.5. The zero-order valence-electron chi connectivity index (χ0n) is 27.9. The van der Waals surface area contributed by atoms with Crippen molar-refractivity contribution in [1.82, 2.24) is 13.5 Å². The highest BCUT2D eigenvalue weighted by Crippen LogP contribution is 2.46. The van der Waals surface area contributed by atoms with Gasteiger partial charge in [0.25, 0.3) is 0 Å². The SMILES string of the molecule is CC(C)(C)c1cc2c3cc4c(cc3n3c5cc6c7ccccc7n(C7C=CC=CC7)c6cc5c(c1)c23)c1ccccc1n4-c1ccccc1. The molecule has 6 aromatic carbocycles. The molecule has 0 bridgehead atoms. The molecule has 1 unspecified atom stereocenters. The Morgan fingerprint density at radius 2 is 1.08 bits per heavy atom. The third-order valence-electron chi connectivity index (χ3n) is 11.2. The molecule has 1 aliphatic carbocycles. The van der Waals surface area contributed by atoms with E-state index in [-0.39, 0.29) is 5.41 Å². The van der Waals surface area contributed by atoms with Crippen molar-refractivity contribution in [3.05, 3.63) is 145 Å². The number of fused-ring (bicyclic) bond motifs is 12. The number of para-hydroxylation sites is 3. The van der Waals surface area contributed by atoms with Gasteiger partial charge in [0.1, 0.15) is 0 Å². The van der Waals surface area contributed by atoms with Crippen LogP contribution in [-0.2, 0) is 5.41 Å². The van der Waals surface area contributed by atoms with E-state index in [1.807, 2.05) is 0 Å². The second kappa shape index (κ2) is 9.42. The number of nitrogens with zero attached hydrogens (tertiary/aromatic N) is 3. The summed E-state index contributed by atoms with van der Waals surface area (Å²) in [6, 6.07) is 43.8. The molecule has 0 amide bonds. The van der Waals surface area contributed by atoms with Crippen molar-refractivity contribution in [2.24, 2.45) is 0 Å². The van der Waals surface area contributed by atoms with Crippen molar-refractivity contribution in [3.8, 4) is 5.69 Å². The number of hydrogen-bond donors (Lipinski definition) is 0. The minimum atomic E-state index is 0.00311. The van der Waals surface area contributed by atoms with Crippen molar-refractivity contribution < 1.29 is 0 Å². The summed E-state index contributed by atoms with van der Waals surface area (Å²) in [4.78, 5) is 0. The Hall–Kier alpha value is -5.80. The van der Waals surface area contributed by atoms with E-state index >= 15 is 0 Å². The maximum absolute atomic E-state index is 2.57. The van der Waals surface area contributed by atoms with Crippen LogP contribution in [0.1, 0.15) is 38.8 Å². The maximum atomic E-state index is 2.57. The maximum Gasteiger partial charge on any atom is 0.0620 e. The van der Waals surface area contributed by atoms with E-state index in [4.69, 9.17) is 0 Å². The fourth-order valence-electron chi connectivity index (χ4n) is 8.90. The number of aromatic nitrogens is 3. The lowest BCUT2D eigenvalue weighted by atomic mass is 9.85. The van der Waals surface area contributed by atoms with Gasteiger partial charge >= 0.3 is 0 Å². The fourth-order valence-corrected chi connectivity index (χ4v) is 8.90. The first-order valence-corrected chi connectivity index (χ1v) is 17.5. The van der Waals surface area contributed by atoms with Crippen LogP contribution in [-0.4, -0.2) is 13.5 Å². The van der Waals surface area contributed by atoms with E-state index in [9.17, 15) is 0 Å². The van der Waals surface area contributed by atoms with Gasteiger partial charge in [-0.2, -0.15) is 0 Å². The second-order valence-electron chi connectivity index (χ2n) is 15.0. The summed E-state index contributed by atoms with van der Waals surface area (Å²) in [7, 11) is 0. The smallest absolute Gasteiger partial charge is 0.0620 e. The second-order valence-corrected chi connectivity index (χ2v) is 15.0. The predicted octanol–water partition coefficient (Wildman–Crippen LogP) is 12.4. The third-order valence-corrected chi connectivity index (χ3v) is 11.2. The molecular formula is C46H35N3. The Bertz CT molecular complexity index is 3040. The molecule has 1 atom stereocenters. The topological polar surface area (TPSA) is 14.3 Å². The molecule has 3 nitrogen and oxygen atoms in total. The average Bonchev–Trinajstić information content (AvgIpc) is 3.83. The molecule has 0 spiro atoms. The molecular weight excluding hydrogens is 595 g/mol. The van der Waals surface area contributed by atoms with Gasteiger partial charge in [0.15, 0.2) is 0 Å². The van der Waals surface area contributed by atoms with E-state index in [0.717, 1.165) is 6.42 Å². The van der Waals surface area contributed by atoms with E-state index in [1.165, 1.54) is 93.0 Å². The van der Waals surface area contributed by atoms with Crippen molar-refractivity contribution in [1.29, 1.82) is 0 Å². The van der Waals surface area contributed by atoms with Crippen LogP contribution >= 0.6 is 0 Å². The van der Waals surface area contributed by atoms with Gasteiger partial charge in [-0.05, 0) is 78.1 Å². The summed E-state index contributed by atoms with van der Waals surface area (Å²) in [6.45, 7) is 7.02. The highest BCUT2D eigenvalue weighted by molar-refractivity contribution is 6.28. The fraction of sp³-hybridized carbons (Fsp3) is 0.130. The van der Waals surface area contributed by atoms with Gasteiger partial charge in [-0.1, -0.05) is 99.7 Å². The van der Waals surface area contributed by atoms with E-state index in [0.29, 0.717) is 6.04 Å². The van der Waals surface area contributed by atoms with Gasteiger partial charge in [0, 0.05) is 54.3 Å². The summed E-state index contributed by atoms with van der Waals surface area (Å²) in [6.07, 6.45) is 10.0. The number of hydrogen-bond acceptors (Lipinski definition) is 0. The molecule has 4 aromatic heterocycles. The van der Waals surface area contributed by atoms with Gasteiger partial charge in [-0.25, -0.2) is 0 Å². The van der Waals surface area contributed by atoms with Gasteiger partial charge in [-0.3, -0.25) is 0 Å². The molecule has 10 aromatic rings. The standard InChI is InChI=1S/C46H35N3/c1-46(2,3)28-22-37-35-26-41-33(31-18-10-12-20-39(31)47(41)29-14-6-4-7-15-29)24-43(35)49-44-25-34-32-19-11-13-21-40(32)48(30-16-8-5-9-17-30)42(34)27-36(44)38(23-28)45(37)49/h4-16,18-27,30H,17H2,1-3H3. The first kappa shape index (κ1) is 27.2. The molecule has 0 fully saturated rings. The van der Waals surface area contributed by atoms with Crippen LogP contribution in [0.2, 0.25) is 0 Å². The van der Waals surface area contributed by atoms with E-state index < -0.39 is 0 Å². The summed E-state index contributed by atoms with van der Waals surface area (Å²) in [5, 5.41) is 10.5. The largest absolute Gasteiger partial charge is 0.333 e. The third kappa shape index (κ3) is 3.57. The zero-order valence-corrected chi connectivity index (χ0v) is 27.9. The number of allylic oxidation sites excluding steroid dienone is 4. The van der Waals surface area contributed by atoms with Crippen molar-refractivity contribution in [2.75, 3.05) is 0 Å². The van der Waals surface area contributed by atoms with Crippen LogP contribution in [0, 0.1) is 0 Å². The van der Waals surface area contributed by atoms with Crippen LogP contribution in [0.3, 0.4) is 0 Å². The Balaban J connectivity index is 1.34. The highest BCUT2D eigenvalue weighted by atomic mass is 15.0. The first-order chi connectivity index (χ1) is 24.0. The summed E-state index contributed by atoms with van der Waals surface area (Å²) < 4.78 is 7.59. The van der Waals surface area contributed by atoms with Crippen LogP contribution < -0.4 is 0 Å². The van der Waals surface area contributed by atoms with Crippen LogP contribution in [0.5, 0.6) is 0 Å². The molecule has 0 aliphatic heterocycles. The lowest BCUT2D eigenvalue weighted by Crippen LogP contribution is -2.10. The average molecular weight is 630 g/mol. The Kier molecular flexibility index (Phi) is 5.23. The Morgan fingerprint density at radius 3 is 1.76 bits per heavy atom. The van der Waals surface area contributed by atoms with Crippen LogP contribution in [0.4, 0.5) is 0 Å². The molecule has 0 saturated heterocycles. The molecule has 234 valence electrons. The van der Waals surface area contributed by atoms with Crippen LogP contribution in [0.15, 0.2) is 140 Å². The molecule has 49 heavy (non-hydrogen) atoms. The Morgan fingerprint density at radius 1 is 0.510 bits per heavy atom. The summed E-state index contributed by atoms with van der Waals surface area (Å²) >= 11 is 0. The molecule has 0 radical (unpaired) electrons. The predicted molar refractivity (Wildman–Crippen MR) is 209 cm³/mol.